The van der Waals surface area contributed by atoms with Gasteiger partial charge in [-0.1, -0.05) is 5.57 Å². The van der Waals surface area contributed by atoms with Crippen LogP contribution in [0.5, 0.6) is 0 Å². The van der Waals surface area contributed by atoms with E-state index in [1.807, 2.05) is 27.0 Å². The van der Waals surface area contributed by atoms with Gasteiger partial charge in [0.05, 0.1) is 5.69 Å². The number of aromatic nitrogens is 2. The lowest BCUT2D eigenvalue weighted by atomic mass is 10.1. The zero-order valence-corrected chi connectivity index (χ0v) is 8.41. The molecule has 1 N–H and O–H groups in total. The Morgan fingerprint density at radius 2 is 2.38 bits per heavy atom. The standard InChI is InChI=1S/C10H16N2O/c1-7(2)5-10(13)9-6-8(3)12(4)11-9/h6,10,13H,1,5H2,2-4H3. The average Bonchev–Trinajstić information content (AvgIpc) is 2.31. The minimum atomic E-state index is -0.516. The smallest absolute Gasteiger partial charge is 0.101 e. The molecule has 3 heteroatoms. The summed E-state index contributed by atoms with van der Waals surface area (Å²) in [5.74, 6) is 0. The normalized spacial score (nSPS) is 12.9. The Balaban J connectivity index is 2.77. The summed E-state index contributed by atoms with van der Waals surface area (Å²) in [6, 6.07) is 1.90. The summed E-state index contributed by atoms with van der Waals surface area (Å²) in [7, 11) is 1.87. The van der Waals surface area contributed by atoms with Gasteiger partial charge in [0.25, 0.3) is 0 Å². The molecule has 1 aromatic rings. The number of aliphatic hydroxyl groups is 1. The molecule has 1 rings (SSSR count). The van der Waals surface area contributed by atoms with Crippen LogP contribution in [0.1, 0.15) is 30.8 Å². The quantitative estimate of drug-likeness (QED) is 0.719. The van der Waals surface area contributed by atoms with E-state index in [1.54, 1.807) is 4.68 Å². The summed E-state index contributed by atoms with van der Waals surface area (Å²) >= 11 is 0. The van der Waals surface area contributed by atoms with Crippen molar-refractivity contribution in [3.05, 3.63) is 29.6 Å². The van der Waals surface area contributed by atoms with Gasteiger partial charge in [0.15, 0.2) is 0 Å². The largest absolute Gasteiger partial charge is 0.386 e. The Hall–Kier alpha value is -1.09. The van der Waals surface area contributed by atoms with Crippen LogP contribution in [0, 0.1) is 6.92 Å². The molecule has 1 heterocycles. The van der Waals surface area contributed by atoms with Gasteiger partial charge in [0.2, 0.25) is 0 Å². The minimum Gasteiger partial charge on any atom is -0.386 e. The lowest BCUT2D eigenvalue weighted by molar-refractivity contribution is 0.173. The maximum atomic E-state index is 9.69. The summed E-state index contributed by atoms with van der Waals surface area (Å²) in [6.45, 7) is 7.62. The van der Waals surface area contributed by atoms with Crippen LogP contribution in [-0.2, 0) is 7.05 Å². The molecule has 0 saturated carbocycles. The zero-order chi connectivity index (χ0) is 10.0. The van der Waals surface area contributed by atoms with Crippen LogP contribution in [0.2, 0.25) is 0 Å². The van der Waals surface area contributed by atoms with E-state index in [4.69, 9.17) is 0 Å². The van der Waals surface area contributed by atoms with E-state index in [0.717, 1.165) is 17.0 Å². The highest BCUT2D eigenvalue weighted by Crippen LogP contribution is 2.18. The van der Waals surface area contributed by atoms with Crippen molar-refractivity contribution in [3.63, 3.8) is 0 Å². The molecule has 1 atom stereocenters. The van der Waals surface area contributed by atoms with E-state index < -0.39 is 6.10 Å². The summed E-state index contributed by atoms with van der Waals surface area (Å²) in [5, 5.41) is 13.9. The molecule has 0 aliphatic heterocycles. The first-order valence-electron chi connectivity index (χ1n) is 4.33. The van der Waals surface area contributed by atoms with Crippen molar-refractivity contribution in [1.82, 2.24) is 9.78 Å². The predicted molar refractivity (Wildman–Crippen MR) is 52.3 cm³/mol. The molecule has 0 bridgehead atoms. The van der Waals surface area contributed by atoms with Gasteiger partial charge < -0.3 is 5.11 Å². The Kier molecular flexibility index (Phi) is 2.88. The monoisotopic (exact) mass is 180 g/mol. The van der Waals surface area contributed by atoms with Gasteiger partial charge in [-0.05, 0) is 26.3 Å². The van der Waals surface area contributed by atoms with Crippen LogP contribution in [0.25, 0.3) is 0 Å². The molecule has 1 aromatic heterocycles. The lowest BCUT2D eigenvalue weighted by Gasteiger charge is -2.05. The number of hydrogen-bond donors (Lipinski definition) is 1. The minimum absolute atomic E-state index is 0.516. The fourth-order valence-corrected chi connectivity index (χ4v) is 1.19. The second-order valence-electron chi connectivity index (χ2n) is 3.51. The first kappa shape index (κ1) is 9.99. The number of rotatable bonds is 3. The zero-order valence-electron chi connectivity index (χ0n) is 8.41. The maximum absolute atomic E-state index is 9.69. The Morgan fingerprint density at radius 3 is 2.77 bits per heavy atom. The average molecular weight is 180 g/mol. The van der Waals surface area contributed by atoms with Crippen LogP contribution < -0.4 is 0 Å². The van der Waals surface area contributed by atoms with Crippen LogP contribution >= 0.6 is 0 Å². The van der Waals surface area contributed by atoms with Crippen LogP contribution in [0.3, 0.4) is 0 Å². The van der Waals surface area contributed by atoms with Gasteiger partial charge in [-0.25, -0.2) is 0 Å². The predicted octanol–water partition coefficient (Wildman–Crippen LogP) is 1.73. The van der Waals surface area contributed by atoms with Gasteiger partial charge in [0, 0.05) is 12.7 Å². The first-order chi connectivity index (χ1) is 6.00. The number of aryl methyl sites for hydroxylation is 2. The van der Waals surface area contributed by atoms with Crippen molar-refractivity contribution < 1.29 is 5.11 Å². The molecular formula is C10H16N2O. The van der Waals surface area contributed by atoms with E-state index in [2.05, 4.69) is 11.7 Å². The van der Waals surface area contributed by atoms with Crippen LogP contribution in [-0.4, -0.2) is 14.9 Å². The van der Waals surface area contributed by atoms with E-state index in [-0.39, 0.29) is 0 Å². The molecule has 0 spiro atoms. The van der Waals surface area contributed by atoms with Crippen molar-refractivity contribution in [2.75, 3.05) is 0 Å². The first-order valence-corrected chi connectivity index (χ1v) is 4.33. The van der Waals surface area contributed by atoms with Crippen LogP contribution in [0.15, 0.2) is 18.2 Å². The van der Waals surface area contributed by atoms with E-state index in [9.17, 15) is 5.11 Å². The Bertz CT molecular complexity index is 295. The molecule has 1 unspecified atom stereocenters. The molecule has 0 radical (unpaired) electrons. The van der Waals surface area contributed by atoms with E-state index >= 15 is 0 Å². The molecule has 0 fully saturated rings. The summed E-state index contributed by atoms with van der Waals surface area (Å²) < 4.78 is 1.76. The fraction of sp³-hybridized carbons (Fsp3) is 0.500. The summed E-state index contributed by atoms with van der Waals surface area (Å²) in [5.41, 5.74) is 2.74. The Labute approximate surface area is 78.7 Å². The van der Waals surface area contributed by atoms with Gasteiger partial charge in [-0.3, -0.25) is 4.68 Å². The Morgan fingerprint density at radius 1 is 1.77 bits per heavy atom. The van der Waals surface area contributed by atoms with Gasteiger partial charge >= 0.3 is 0 Å². The highest BCUT2D eigenvalue weighted by Gasteiger charge is 2.11. The van der Waals surface area contributed by atoms with E-state index in [1.165, 1.54) is 0 Å². The van der Waals surface area contributed by atoms with Crippen molar-refractivity contribution in [2.45, 2.75) is 26.4 Å². The van der Waals surface area contributed by atoms with Crippen LogP contribution in [0.4, 0.5) is 0 Å². The third-order valence-corrected chi connectivity index (χ3v) is 2.02. The maximum Gasteiger partial charge on any atom is 0.101 e. The number of aliphatic hydroxyl groups excluding tert-OH is 1. The van der Waals surface area contributed by atoms with Crippen molar-refractivity contribution >= 4 is 0 Å². The van der Waals surface area contributed by atoms with Crippen molar-refractivity contribution in [2.24, 2.45) is 7.05 Å². The molecule has 0 aromatic carbocycles. The highest BCUT2D eigenvalue weighted by molar-refractivity contribution is 5.12. The second kappa shape index (κ2) is 3.75. The number of nitrogens with zero attached hydrogens (tertiary/aromatic N) is 2. The molecule has 0 aliphatic rings. The lowest BCUT2D eigenvalue weighted by Crippen LogP contribution is -2.00. The molecule has 3 nitrogen and oxygen atoms in total. The second-order valence-corrected chi connectivity index (χ2v) is 3.51. The van der Waals surface area contributed by atoms with Gasteiger partial charge in [-0.15, -0.1) is 6.58 Å². The third kappa shape index (κ3) is 2.42. The van der Waals surface area contributed by atoms with Crippen molar-refractivity contribution in [1.29, 1.82) is 0 Å². The molecule has 0 saturated heterocycles. The topological polar surface area (TPSA) is 38.0 Å². The molecule has 0 aliphatic carbocycles. The molecule has 72 valence electrons. The van der Waals surface area contributed by atoms with Gasteiger partial charge in [0.1, 0.15) is 6.10 Å². The fourth-order valence-electron chi connectivity index (χ4n) is 1.19. The van der Waals surface area contributed by atoms with Gasteiger partial charge in [-0.2, -0.15) is 5.10 Å². The molecular weight excluding hydrogens is 164 g/mol. The number of hydrogen-bond acceptors (Lipinski definition) is 2. The summed E-state index contributed by atoms with van der Waals surface area (Å²) in [4.78, 5) is 0. The third-order valence-electron chi connectivity index (χ3n) is 2.02. The highest BCUT2D eigenvalue weighted by atomic mass is 16.3. The molecule has 13 heavy (non-hydrogen) atoms. The molecule has 0 amide bonds. The SMILES string of the molecule is C=C(C)CC(O)c1cc(C)n(C)n1. The van der Waals surface area contributed by atoms with Crippen molar-refractivity contribution in [3.8, 4) is 0 Å². The summed E-state index contributed by atoms with van der Waals surface area (Å²) in [6.07, 6.45) is 0.0635. The van der Waals surface area contributed by atoms with E-state index in [0.29, 0.717) is 6.42 Å².